The van der Waals surface area contributed by atoms with E-state index in [0.29, 0.717) is 36.1 Å². The maximum absolute atomic E-state index is 12.5. The van der Waals surface area contributed by atoms with E-state index in [1.54, 1.807) is 33.5 Å². The molecule has 0 bridgehead atoms. The molecule has 2 aliphatic rings. The first-order valence-corrected chi connectivity index (χ1v) is 10.5. The summed E-state index contributed by atoms with van der Waals surface area (Å²) in [5, 5.41) is 10.4. The average Bonchev–Trinajstić information content (AvgIpc) is 3.31. The summed E-state index contributed by atoms with van der Waals surface area (Å²) in [7, 11) is 4.64. The number of quaternary nitrogens is 2. The molecular weight excluding hydrogens is 463 g/mol. The highest BCUT2D eigenvalue weighted by atomic mass is 35.5. The Kier molecular flexibility index (Phi) is 12.4. The monoisotopic (exact) mass is 496 g/mol. The molecule has 0 saturated carbocycles. The molecule has 2 heterocycles. The molecule has 1 amide bonds. The maximum atomic E-state index is 12.5. The van der Waals surface area contributed by atoms with Crippen molar-refractivity contribution in [3.63, 3.8) is 0 Å². The Balaban J connectivity index is 0.00000256. The standard InChI is InChI=1S/C21H32N2O7.2ClH/c1-26-18-11-16(12-19(27-2)20(18)28-3)30-14-15(24)13-22-6-8-23(9-7-22)21(25)17-5-4-10-29-17;;/h11-12,15,17,24H,4-10,13-14H2,1-3H3;2*1H. The lowest BCUT2D eigenvalue weighted by molar-refractivity contribution is -0.983. The quantitative estimate of drug-likeness (QED) is 0.312. The van der Waals surface area contributed by atoms with Crippen LogP contribution in [0.1, 0.15) is 12.8 Å². The van der Waals surface area contributed by atoms with Crippen LogP contribution in [0.25, 0.3) is 0 Å². The lowest BCUT2D eigenvalue weighted by Crippen LogP contribution is -3.30. The Morgan fingerprint density at radius 2 is 1.72 bits per heavy atom. The number of hydrogen-bond acceptors (Lipinski definition) is 7. The molecule has 0 radical (unpaired) electrons. The van der Waals surface area contributed by atoms with Gasteiger partial charge in [0.05, 0.1) is 21.3 Å². The van der Waals surface area contributed by atoms with Gasteiger partial charge in [0.1, 0.15) is 51.2 Å². The fourth-order valence-corrected chi connectivity index (χ4v) is 4.09. The van der Waals surface area contributed by atoms with Crippen LogP contribution in [0.3, 0.4) is 0 Å². The Hall–Kier alpha value is -1.49. The summed E-state index contributed by atoms with van der Waals surface area (Å²) in [5.41, 5.74) is 0. The summed E-state index contributed by atoms with van der Waals surface area (Å²) < 4.78 is 27.2. The van der Waals surface area contributed by atoms with Crippen molar-refractivity contribution >= 4 is 5.91 Å². The van der Waals surface area contributed by atoms with Crippen LogP contribution < -0.4 is 53.6 Å². The van der Waals surface area contributed by atoms with Crippen LogP contribution >= 0.6 is 0 Å². The van der Waals surface area contributed by atoms with E-state index in [1.807, 2.05) is 0 Å². The van der Waals surface area contributed by atoms with Gasteiger partial charge in [-0.1, -0.05) is 0 Å². The molecule has 0 aromatic heterocycles. The first kappa shape index (κ1) is 28.5. The number of piperazine rings is 1. The molecule has 3 rings (SSSR count). The van der Waals surface area contributed by atoms with Gasteiger partial charge < -0.3 is 58.5 Å². The van der Waals surface area contributed by atoms with E-state index in [-0.39, 0.29) is 43.4 Å². The summed E-state index contributed by atoms with van der Waals surface area (Å²) >= 11 is 0. The van der Waals surface area contributed by atoms with Crippen molar-refractivity contribution in [2.45, 2.75) is 25.0 Å². The fraction of sp³-hybridized carbons (Fsp3) is 0.667. The molecule has 3 N–H and O–H groups in total. The number of aliphatic hydroxyl groups excluding tert-OH is 1. The molecule has 32 heavy (non-hydrogen) atoms. The molecule has 9 nitrogen and oxygen atoms in total. The Bertz CT molecular complexity index is 686. The average molecular weight is 497 g/mol. The normalized spacial score (nSPS) is 23.3. The van der Waals surface area contributed by atoms with Crippen molar-refractivity contribution in [2.75, 3.05) is 67.3 Å². The Morgan fingerprint density at radius 1 is 1.09 bits per heavy atom. The van der Waals surface area contributed by atoms with Gasteiger partial charge in [0, 0.05) is 18.7 Å². The number of carbonyl (C=O) groups is 1. The predicted octanol–water partition coefficient (Wildman–Crippen LogP) is -8.05. The number of ether oxygens (including phenoxy) is 5. The molecule has 1 aromatic carbocycles. The number of halogens is 2. The van der Waals surface area contributed by atoms with Gasteiger partial charge in [-0.3, -0.25) is 4.90 Å². The van der Waals surface area contributed by atoms with Gasteiger partial charge in [-0.2, -0.15) is 0 Å². The van der Waals surface area contributed by atoms with Crippen LogP contribution in [0.2, 0.25) is 0 Å². The van der Waals surface area contributed by atoms with Gasteiger partial charge >= 0.3 is 5.91 Å². The van der Waals surface area contributed by atoms with Crippen LogP contribution in [-0.2, 0) is 9.53 Å². The number of nitrogens with one attached hydrogen (secondary N) is 2. The third kappa shape index (κ3) is 7.26. The SMILES string of the molecule is COc1cc(OCC(O)C[NH+]2CC[NH+](C(=O)C3CCCO3)CC2)cc(OC)c1OC.[Cl-].[Cl-]. The third-order valence-corrected chi connectivity index (χ3v) is 5.74. The minimum Gasteiger partial charge on any atom is -1.00 e. The minimum absolute atomic E-state index is 0. The van der Waals surface area contributed by atoms with Gasteiger partial charge in [0.15, 0.2) is 17.6 Å². The van der Waals surface area contributed by atoms with Crippen LogP contribution in [0.4, 0.5) is 0 Å². The maximum Gasteiger partial charge on any atom is 0.341 e. The molecule has 0 spiro atoms. The van der Waals surface area contributed by atoms with Crippen molar-refractivity contribution in [1.82, 2.24) is 0 Å². The number of aliphatic hydroxyl groups is 1. The van der Waals surface area contributed by atoms with Gasteiger partial charge in [-0.05, 0) is 12.8 Å². The molecule has 2 unspecified atom stereocenters. The molecule has 184 valence electrons. The number of benzene rings is 1. The second-order valence-electron chi connectivity index (χ2n) is 7.75. The molecule has 0 aliphatic carbocycles. The van der Waals surface area contributed by atoms with Crippen LogP contribution in [0, 0.1) is 0 Å². The summed E-state index contributed by atoms with van der Waals surface area (Å²) in [6.07, 6.45) is 0.975. The lowest BCUT2D eigenvalue weighted by atomic mass is 10.2. The minimum atomic E-state index is -0.616. The van der Waals surface area contributed by atoms with E-state index in [1.165, 1.54) is 4.90 Å². The summed E-state index contributed by atoms with van der Waals surface area (Å²) in [5.74, 6) is 2.23. The predicted molar refractivity (Wildman–Crippen MR) is 108 cm³/mol. The molecule has 1 aromatic rings. The summed E-state index contributed by atoms with van der Waals surface area (Å²) in [6.45, 7) is 4.66. The topological polar surface area (TPSA) is 92.3 Å². The van der Waals surface area contributed by atoms with Crippen LogP contribution in [0.5, 0.6) is 23.0 Å². The van der Waals surface area contributed by atoms with Crippen molar-refractivity contribution in [2.24, 2.45) is 0 Å². The van der Waals surface area contributed by atoms with Crippen LogP contribution in [-0.4, -0.2) is 90.5 Å². The summed E-state index contributed by atoms with van der Waals surface area (Å²) in [4.78, 5) is 14.7. The van der Waals surface area contributed by atoms with Gasteiger partial charge in [0.25, 0.3) is 0 Å². The number of amides is 1. The second-order valence-corrected chi connectivity index (χ2v) is 7.75. The number of hydrogen-bond donors (Lipinski definition) is 3. The molecule has 2 saturated heterocycles. The largest absolute Gasteiger partial charge is 1.00 e. The van der Waals surface area contributed by atoms with Gasteiger partial charge in [-0.25, -0.2) is 4.79 Å². The van der Waals surface area contributed by atoms with E-state index >= 15 is 0 Å². The highest BCUT2D eigenvalue weighted by Crippen LogP contribution is 2.40. The zero-order valence-electron chi connectivity index (χ0n) is 18.8. The number of rotatable bonds is 9. The zero-order chi connectivity index (χ0) is 21.5. The number of carbonyl (C=O) groups excluding carboxylic acids is 1. The van der Waals surface area contributed by atoms with Crippen molar-refractivity contribution in [3.05, 3.63) is 12.1 Å². The lowest BCUT2D eigenvalue weighted by Gasteiger charge is -2.30. The highest BCUT2D eigenvalue weighted by Gasteiger charge is 2.36. The molecule has 11 heteroatoms. The molecular formula is C21H34Cl2N2O7. The van der Waals surface area contributed by atoms with Crippen molar-refractivity contribution in [1.29, 1.82) is 0 Å². The van der Waals surface area contributed by atoms with Gasteiger partial charge in [0.2, 0.25) is 5.75 Å². The smallest absolute Gasteiger partial charge is 0.341 e. The van der Waals surface area contributed by atoms with Crippen molar-refractivity contribution in [3.8, 4) is 23.0 Å². The van der Waals surface area contributed by atoms with E-state index in [9.17, 15) is 9.90 Å². The number of methoxy groups -OCH3 is 3. The van der Waals surface area contributed by atoms with E-state index in [4.69, 9.17) is 23.7 Å². The van der Waals surface area contributed by atoms with Crippen molar-refractivity contribution < 1.29 is 68.2 Å². The van der Waals surface area contributed by atoms with E-state index in [2.05, 4.69) is 0 Å². The second kappa shape index (κ2) is 13.9. The Labute approximate surface area is 201 Å². The third-order valence-electron chi connectivity index (χ3n) is 5.74. The molecule has 2 fully saturated rings. The molecule has 2 atom stereocenters. The fourth-order valence-electron chi connectivity index (χ4n) is 4.09. The summed E-state index contributed by atoms with van der Waals surface area (Å²) in [6, 6.07) is 3.42. The van der Waals surface area contributed by atoms with E-state index < -0.39 is 6.10 Å². The first-order chi connectivity index (χ1) is 14.5. The zero-order valence-corrected chi connectivity index (χ0v) is 20.3. The highest BCUT2D eigenvalue weighted by molar-refractivity contribution is 5.72. The first-order valence-electron chi connectivity index (χ1n) is 10.5. The van der Waals surface area contributed by atoms with Crippen LogP contribution in [0.15, 0.2) is 12.1 Å². The molecule has 2 aliphatic heterocycles. The van der Waals surface area contributed by atoms with Gasteiger partial charge in [-0.15, -0.1) is 0 Å². The Morgan fingerprint density at radius 3 is 2.22 bits per heavy atom. The van der Waals surface area contributed by atoms with E-state index in [0.717, 1.165) is 43.9 Å².